The molecule has 8 nitrogen and oxygen atoms in total. The van der Waals surface area contributed by atoms with Crippen molar-refractivity contribution in [3.8, 4) is 0 Å². The minimum atomic E-state index is -4.77. The van der Waals surface area contributed by atoms with Crippen LogP contribution in [0.3, 0.4) is 0 Å². The number of phosphoric acid groups is 1. The molecule has 2 N–H and O–H groups in total. The van der Waals surface area contributed by atoms with E-state index >= 15 is 0 Å². The first kappa shape index (κ1) is 48.8. The average molecular weight is 737 g/mol. The Kier molecular flexibility index (Phi) is 35.9. The first-order chi connectivity index (χ1) is 24.8. The summed E-state index contributed by atoms with van der Waals surface area (Å²) in [4.78, 5) is 42.7. The zero-order valence-electron chi connectivity index (χ0n) is 32.2. The Balaban J connectivity index is 4.07. The van der Waals surface area contributed by atoms with Crippen LogP contribution in [0.15, 0.2) is 60.8 Å². The molecular weight excluding hydrogens is 663 g/mol. The van der Waals surface area contributed by atoms with Gasteiger partial charge in [0.15, 0.2) is 6.10 Å². The van der Waals surface area contributed by atoms with E-state index < -0.39 is 32.5 Å². The molecule has 0 bridgehead atoms. The van der Waals surface area contributed by atoms with Crippen molar-refractivity contribution in [2.45, 2.75) is 180 Å². The molecule has 0 amide bonds. The van der Waals surface area contributed by atoms with E-state index in [1.807, 2.05) is 12.2 Å². The molecule has 0 heterocycles. The smallest absolute Gasteiger partial charge is 0.462 e. The topological polar surface area (TPSA) is 119 Å². The molecule has 0 rings (SSSR count). The van der Waals surface area contributed by atoms with Crippen LogP contribution >= 0.6 is 7.82 Å². The molecule has 0 saturated carbocycles. The van der Waals surface area contributed by atoms with Crippen molar-refractivity contribution in [3.63, 3.8) is 0 Å². The normalized spacial score (nSPS) is 13.1. The molecule has 0 spiro atoms. The molecule has 51 heavy (non-hydrogen) atoms. The van der Waals surface area contributed by atoms with E-state index in [1.54, 1.807) is 0 Å². The number of hydrogen-bond donors (Lipinski definition) is 2. The highest BCUT2D eigenvalue weighted by atomic mass is 31.2. The molecule has 1 atom stereocenters. The zero-order valence-corrected chi connectivity index (χ0v) is 33.1. The van der Waals surface area contributed by atoms with Crippen molar-refractivity contribution in [2.24, 2.45) is 0 Å². The summed E-state index contributed by atoms with van der Waals surface area (Å²) in [5.41, 5.74) is 0. The zero-order chi connectivity index (χ0) is 37.5. The summed E-state index contributed by atoms with van der Waals surface area (Å²) < 4.78 is 26.3. The highest BCUT2D eigenvalue weighted by molar-refractivity contribution is 7.46. The minimum absolute atomic E-state index is 0.143. The third-order valence-electron chi connectivity index (χ3n) is 8.30. The SMILES string of the molecule is CCCCC/C=C/C/C=C/C/C=C/C/C=C/C/C=C/CCC(=O)OC[C@H](COP(=O)(O)O)OC(=O)CCCCCCCCCCCCCCCC. The fraction of sp³-hybridized carbons (Fsp3) is 0.714. The summed E-state index contributed by atoms with van der Waals surface area (Å²) in [6.07, 6.45) is 46.6. The van der Waals surface area contributed by atoms with Crippen molar-refractivity contribution in [2.75, 3.05) is 13.2 Å². The van der Waals surface area contributed by atoms with Crippen molar-refractivity contribution in [1.29, 1.82) is 0 Å². The third-order valence-corrected chi connectivity index (χ3v) is 8.79. The number of esters is 2. The van der Waals surface area contributed by atoms with Gasteiger partial charge < -0.3 is 19.3 Å². The Morgan fingerprint density at radius 1 is 0.510 bits per heavy atom. The lowest BCUT2D eigenvalue weighted by molar-refractivity contribution is -0.161. The van der Waals surface area contributed by atoms with Crippen molar-refractivity contribution >= 4 is 19.8 Å². The number of carbonyl (C=O) groups is 2. The van der Waals surface area contributed by atoms with Crippen LogP contribution in [0.2, 0.25) is 0 Å². The molecule has 0 fully saturated rings. The minimum Gasteiger partial charge on any atom is -0.462 e. The van der Waals surface area contributed by atoms with Gasteiger partial charge in [-0.1, -0.05) is 171 Å². The predicted molar refractivity (Wildman–Crippen MR) is 211 cm³/mol. The summed E-state index contributed by atoms with van der Waals surface area (Å²) in [7, 11) is -4.77. The Morgan fingerprint density at radius 3 is 1.39 bits per heavy atom. The molecule has 0 aliphatic carbocycles. The maximum atomic E-state index is 12.4. The van der Waals surface area contributed by atoms with Gasteiger partial charge in [0.1, 0.15) is 6.61 Å². The van der Waals surface area contributed by atoms with Gasteiger partial charge in [-0.3, -0.25) is 14.1 Å². The van der Waals surface area contributed by atoms with Crippen LogP contribution in [0.1, 0.15) is 174 Å². The van der Waals surface area contributed by atoms with Crippen LogP contribution in [-0.4, -0.2) is 41.0 Å². The molecule has 0 aromatic carbocycles. The second kappa shape index (κ2) is 37.5. The maximum Gasteiger partial charge on any atom is 0.469 e. The molecule has 0 aliphatic heterocycles. The van der Waals surface area contributed by atoms with Gasteiger partial charge in [-0.25, -0.2) is 4.57 Å². The Bertz CT molecular complexity index is 1010. The Hall–Kier alpha value is -2.25. The van der Waals surface area contributed by atoms with Crippen LogP contribution in [0, 0.1) is 0 Å². The molecule has 9 heteroatoms. The first-order valence-corrected chi connectivity index (χ1v) is 21.6. The molecule has 0 saturated heterocycles. The highest BCUT2D eigenvalue weighted by Crippen LogP contribution is 2.36. The number of allylic oxidation sites excluding steroid dienone is 10. The van der Waals surface area contributed by atoms with Crippen molar-refractivity contribution in [3.05, 3.63) is 60.8 Å². The van der Waals surface area contributed by atoms with Crippen molar-refractivity contribution < 1.29 is 37.9 Å². The summed E-state index contributed by atoms with van der Waals surface area (Å²) in [5.74, 6) is -0.981. The van der Waals surface area contributed by atoms with Crippen LogP contribution in [0.4, 0.5) is 0 Å². The number of rotatable bonds is 36. The van der Waals surface area contributed by atoms with Gasteiger partial charge in [-0.15, -0.1) is 0 Å². The average Bonchev–Trinajstić information content (AvgIpc) is 3.10. The number of carbonyl (C=O) groups excluding carboxylic acids is 2. The van der Waals surface area contributed by atoms with Gasteiger partial charge in [-0.2, -0.15) is 0 Å². The molecule has 0 aromatic rings. The van der Waals surface area contributed by atoms with E-state index in [4.69, 9.17) is 19.3 Å². The lowest BCUT2D eigenvalue weighted by atomic mass is 10.0. The Morgan fingerprint density at radius 2 is 0.922 bits per heavy atom. The second-order valence-electron chi connectivity index (χ2n) is 13.3. The van der Waals surface area contributed by atoms with Crippen molar-refractivity contribution in [1.82, 2.24) is 0 Å². The molecule has 0 radical (unpaired) electrons. The standard InChI is InChI=1S/C42H73O8P/c1-3-5-7-9-11-13-15-17-19-20-21-22-23-25-26-28-30-32-34-36-41(43)48-38-40(39-49-51(45,46)47)50-42(44)37-35-33-31-29-27-24-18-16-14-12-10-8-6-4-2/h11,13,17,19,21-22,25-26,30,32,40H,3-10,12,14-16,18,20,23-24,27-29,31,33-39H2,1-2H3,(H2,45,46,47)/b13-11+,19-17+,22-21+,26-25+,32-30+/t40-/m1/s1. The van der Waals surface area contributed by atoms with Crippen LogP contribution in [0.25, 0.3) is 0 Å². The van der Waals surface area contributed by atoms with E-state index in [0.29, 0.717) is 12.8 Å². The van der Waals surface area contributed by atoms with E-state index in [2.05, 4.69) is 67.0 Å². The van der Waals surface area contributed by atoms with Crippen LogP contribution < -0.4 is 0 Å². The molecule has 294 valence electrons. The summed E-state index contributed by atoms with van der Waals surface area (Å²) in [5, 5.41) is 0. The maximum absolute atomic E-state index is 12.4. The predicted octanol–water partition coefficient (Wildman–Crippen LogP) is 12.1. The number of phosphoric ester groups is 1. The Labute approximate surface area is 311 Å². The fourth-order valence-electron chi connectivity index (χ4n) is 5.30. The van der Waals surface area contributed by atoms with E-state index in [9.17, 15) is 14.2 Å². The van der Waals surface area contributed by atoms with Gasteiger partial charge in [-0.05, 0) is 51.4 Å². The van der Waals surface area contributed by atoms with Gasteiger partial charge in [0.2, 0.25) is 0 Å². The third kappa shape index (κ3) is 40.4. The van der Waals surface area contributed by atoms with Gasteiger partial charge >= 0.3 is 19.8 Å². The fourth-order valence-corrected chi connectivity index (χ4v) is 5.66. The van der Waals surface area contributed by atoms with Gasteiger partial charge in [0.05, 0.1) is 6.61 Å². The van der Waals surface area contributed by atoms with Gasteiger partial charge in [0, 0.05) is 12.8 Å². The summed E-state index contributed by atoms with van der Waals surface area (Å²) >= 11 is 0. The van der Waals surface area contributed by atoms with Gasteiger partial charge in [0.25, 0.3) is 0 Å². The molecule has 0 unspecified atom stereocenters. The number of unbranched alkanes of at least 4 members (excludes halogenated alkanes) is 16. The first-order valence-electron chi connectivity index (χ1n) is 20.1. The molecular formula is C42H73O8P. The summed E-state index contributed by atoms with van der Waals surface area (Å²) in [6, 6.07) is 0. The monoisotopic (exact) mass is 737 g/mol. The van der Waals surface area contributed by atoms with E-state index in [-0.39, 0.29) is 19.4 Å². The molecule has 0 aromatic heterocycles. The number of hydrogen-bond acceptors (Lipinski definition) is 6. The summed E-state index contributed by atoms with van der Waals surface area (Å²) in [6.45, 7) is 3.59. The van der Waals surface area contributed by atoms with Crippen LogP contribution in [-0.2, 0) is 28.2 Å². The molecule has 0 aliphatic rings. The number of ether oxygens (including phenoxy) is 2. The lowest BCUT2D eigenvalue weighted by Gasteiger charge is -2.18. The highest BCUT2D eigenvalue weighted by Gasteiger charge is 2.22. The lowest BCUT2D eigenvalue weighted by Crippen LogP contribution is -2.29. The van der Waals surface area contributed by atoms with E-state index in [0.717, 1.165) is 44.9 Å². The quantitative estimate of drug-likeness (QED) is 0.0282. The van der Waals surface area contributed by atoms with E-state index in [1.165, 1.54) is 89.9 Å². The second-order valence-corrected chi connectivity index (χ2v) is 14.5. The van der Waals surface area contributed by atoms with Crippen LogP contribution in [0.5, 0.6) is 0 Å². The largest absolute Gasteiger partial charge is 0.469 e.